The summed E-state index contributed by atoms with van der Waals surface area (Å²) in [5.41, 5.74) is 4.43. The molecule has 3 aromatic rings. The molecule has 8 rings (SSSR count). The van der Waals surface area contributed by atoms with Gasteiger partial charge in [-0.3, -0.25) is 0 Å². The van der Waals surface area contributed by atoms with E-state index >= 15 is 0 Å². The third kappa shape index (κ3) is 3.18. The first-order valence-corrected chi connectivity index (χ1v) is 9.48. The third-order valence-corrected chi connectivity index (χ3v) is 5.88. The average Bonchev–Trinajstić information content (AvgIpc) is 2.68. The molecule has 5 aliphatic heterocycles. The average molecular weight is 372 g/mol. The molecule has 0 aliphatic carbocycles. The van der Waals surface area contributed by atoms with Gasteiger partial charge in [0, 0.05) is 10.8 Å². The van der Waals surface area contributed by atoms with Crippen molar-refractivity contribution in [3.05, 3.63) is 95.1 Å². The van der Waals surface area contributed by atoms with Crippen LogP contribution in [0.5, 0.6) is 11.5 Å². The van der Waals surface area contributed by atoms with E-state index in [1.807, 2.05) is 24.3 Å². The van der Waals surface area contributed by atoms with E-state index in [-0.39, 0.29) is 10.8 Å². The van der Waals surface area contributed by atoms with Crippen LogP contribution in [-0.4, -0.2) is 6.16 Å². The van der Waals surface area contributed by atoms with Crippen molar-refractivity contribution in [1.29, 1.82) is 0 Å². The highest BCUT2D eigenvalue weighted by atomic mass is 16.7. The lowest BCUT2D eigenvalue weighted by Crippen LogP contribution is -2.21. The van der Waals surface area contributed by atoms with E-state index in [0.29, 0.717) is 11.5 Å². The number of hydrogen-bond donors (Lipinski definition) is 0. The Bertz CT molecular complexity index is 913. The molecule has 0 unspecified atom stereocenters. The van der Waals surface area contributed by atoms with Crippen LogP contribution in [0.15, 0.2) is 72.8 Å². The van der Waals surface area contributed by atoms with Crippen LogP contribution in [0.25, 0.3) is 0 Å². The Morgan fingerprint density at radius 2 is 0.750 bits per heavy atom. The molecular formula is C25H24O3. The molecule has 28 heavy (non-hydrogen) atoms. The normalized spacial score (nSPS) is 17.1. The number of ether oxygens (including phenoxy) is 2. The molecule has 3 aromatic carbocycles. The van der Waals surface area contributed by atoms with Crippen molar-refractivity contribution >= 4 is 6.16 Å². The van der Waals surface area contributed by atoms with Crippen molar-refractivity contribution in [1.82, 2.24) is 0 Å². The number of carbonyl (C=O) groups is 1. The Morgan fingerprint density at radius 3 is 1.04 bits per heavy atom. The molecule has 0 saturated carbocycles. The summed E-state index contributed by atoms with van der Waals surface area (Å²) in [7, 11) is 0. The van der Waals surface area contributed by atoms with Gasteiger partial charge in [-0.1, -0.05) is 76.2 Å². The summed E-state index contributed by atoms with van der Waals surface area (Å²) in [6.45, 7) is 8.79. The number of rotatable bonds is 0. The predicted molar refractivity (Wildman–Crippen MR) is 110 cm³/mol. The molecule has 3 heteroatoms. The lowest BCUT2D eigenvalue weighted by atomic mass is 9.74. The van der Waals surface area contributed by atoms with E-state index < -0.39 is 6.16 Å². The Morgan fingerprint density at radius 1 is 0.500 bits per heavy atom. The molecule has 0 amide bonds. The van der Waals surface area contributed by atoms with E-state index in [1.165, 1.54) is 11.1 Å². The van der Waals surface area contributed by atoms with Crippen LogP contribution in [0.1, 0.15) is 49.9 Å². The molecule has 5 aliphatic rings. The van der Waals surface area contributed by atoms with Gasteiger partial charge in [-0.25, -0.2) is 4.79 Å². The Balaban J connectivity index is 1.86. The second-order valence-corrected chi connectivity index (χ2v) is 8.33. The summed E-state index contributed by atoms with van der Waals surface area (Å²) in [5.74, 6) is 0.920. The van der Waals surface area contributed by atoms with Gasteiger partial charge in [0.15, 0.2) is 0 Å². The number of carbonyl (C=O) groups excluding carboxylic acids is 1. The lowest BCUT2D eigenvalue weighted by Gasteiger charge is -2.29. The fourth-order valence-electron chi connectivity index (χ4n) is 3.73. The van der Waals surface area contributed by atoms with Crippen LogP contribution in [-0.2, 0) is 10.8 Å². The van der Waals surface area contributed by atoms with Crippen molar-refractivity contribution < 1.29 is 14.3 Å². The lowest BCUT2D eigenvalue weighted by molar-refractivity contribution is 0.152. The van der Waals surface area contributed by atoms with Gasteiger partial charge in [-0.2, -0.15) is 0 Å². The smallest absolute Gasteiger partial charge is 0.395 e. The first-order chi connectivity index (χ1) is 13.3. The largest absolute Gasteiger partial charge is 0.519 e. The number of benzene rings is 3. The van der Waals surface area contributed by atoms with Crippen molar-refractivity contribution in [2.24, 2.45) is 0 Å². The molecule has 142 valence electrons. The summed E-state index contributed by atoms with van der Waals surface area (Å²) < 4.78 is 10.6. The molecule has 0 aromatic heterocycles. The monoisotopic (exact) mass is 372 g/mol. The molecule has 0 radical (unpaired) electrons. The zero-order valence-electron chi connectivity index (χ0n) is 16.7. The van der Waals surface area contributed by atoms with Crippen LogP contribution in [0, 0.1) is 0 Å². The van der Waals surface area contributed by atoms with Gasteiger partial charge in [-0.15, -0.1) is 0 Å². The minimum absolute atomic E-state index is 0.170. The SMILES string of the molecule is CC1(C)c2ccc(cc2)OC(=O)Oc2ccc(cc2)C(C)(C)c2ccc1cc2. The van der Waals surface area contributed by atoms with E-state index in [0.717, 1.165) is 11.1 Å². The van der Waals surface area contributed by atoms with E-state index in [4.69, 9.17) is 9.47 Å². The summed E-state index contributed by atoms with van der Waals surface area (Å²) >= 11 is 0. The molecule has 0 atom stereocenters. The van der Waals surface area contributed by atoms with E-state index in [2.05, 4.69) is 52.0 Å². The van der Waals surface area contributed by atoms with Gasteiger partial charge in [0.05, 0.1) is 0 Å². The van der Waals surface area contributed by atoms with Crippen molar-refractivity contribution in [2.75, 3.05) is 0 Å². The molecule has 0 fully saturated rings. The van der Waals surface area contributed by atoms with Crippen LogP contribution in [0.4, 0.5) is 4.79 Å². The maximum absolute atomic E-state index is 12.1. The zero-order chi connectivity index (χ0) is 19.9. The first-order valence-electron chi connectivity index (χ1n) is 9.48. The first kappa shape index (κ1) is 18.3. The Kier molecular flexibility index (Phi) is 4.26. The fourth-order valence-corrected chi connectivity index (χ4v) is 3.73. The maximum Gasteiger partial charge on any atom is 0.519 e. The summed E-state index contributed by atoms with van der Waals surface area (Å²) in [6.07, 6.45) is -0.740. The molecule has 0 N–H and O–H groups in total. The zero-order valence-corrected chi connectivity index (χ0v) is 16.7. The molecular weight excluding hydrogens is 348 g/mol. The quantitative estimate of drug-likeness (QED) is 0.347. The molecule has 3 nitrogen and oxygen atoms in total. The van der Waals surface area contributed by atoms with Crippen LogP contribution < -0.4 is 9.47 Å². The highest BCUT2D eigenvalue weighted by Crippen LogP contribution is 2.36. The highest BCUT2D eigenvalue weighted by Gasteiger charge is 2.27. The van der Waals surface area contributed by atoms with Crippen molar-refractivity contribution in [2.45, 2.75) is 38.5 Å². The second kappa shape index (κ2) is 6.52. The standard InChI is InChI=1S/C25H24O3/c1-24(2)17-5-7-18(8-6-17)25(3,4)20-11-15-22(16-12-20)28-23(26)27-21-13-9-19(24)10-14-21/h5-16H,1-4H3. The van der Waals surface area contributed by atoms with Crippen molar-refractivity contribution in [3.63, 3.8) is 0 Å². The van der Waals surface area contributed by atoms with E-state index in [9.17, 15) is 4.79 Å². The van der Waals surface area contributed by atoms with Crippen LogP contribution in [0.2, 0.25) is 0 Å². The Hall–Kier alpha value is -3.07. The van der Waals surface area contributed by atoms with Crippen molar-refractivity contribution in [3.8, 4) is 11.5 Å². The van der Waals surface area contributed by atoms with E-state index in [1.54, 1.807) is 24.3 Å². The van der Waals surface area contributed by atoms with Gasteiger partial charge >= 0.3 is 6.16 Å². The van der Waals surface area contributed by atoms with Gasteiger partial charge < -0.3 is 9.47 Å². The fraction of sp³-hybridized carbons (Fsp3) is 0.240. The van der Waals surface area contributed by atoms with Gasteiger partial charge in [0.25, 0.3) is 0 Å². The van der Waals surface area contributed by atoms with Gasteiger partial charge in [0.1, 0.15) is 11.5 Å². The molecule has 0 spiro atoms. The molecule has 6 bridgehead atoms. The Labute approximate surface area is 165 Å². The topological polar surface area (TPSA) is 35.5 Å². The second-order valence-electron chi connectivity index (χ2n) is 8.33. The minimum Gasteiger partial charge on any atom is -0.395 e. The summed E-state index contributed by atoms with van der Waals surface area (Å²) in [4.78, 5) is 12.1. The predicted octanol–water partition coefficient (Wildman–Crippen LogP) is 6.23. The molecule has 5 heterocycles. The number of fused-ring (bicyclic) bond motifs is 1. The number of hydrogen-bond acceptors (Lipinski definition) is 3. The highest BCUT2D eigenvalue weighted by molar-refractivity contribution is 5.67. The van der Waals surface area contributed by atoms with Gasteiger partial charge in [-0.05, 0) is 46.5 Å². The molecule has 0 saturated heterocycles. The third-order valence-electron chi connectivity index (χ3n) is 5.88. The summed E-state index contributed by atoms with van der Waals surface area (Å²) in [6, 6.07) is 24.0. The van der Waals surface area contributed by atoms with Crippen LogP contribution in [0.3, 0.4) is 0 Å². The van der Waals surface area contributed by atoms with Gasteiger partial charge in [0.2, 0.25) is 0 Å². The maximum atomic E-state index is 12.1. The van der Waals surface area contributed by atoms with Crippen LogP contribution >= 0.6 is 0 Å². The summed E-state index contributed by atoms with van der Waals surface area (Å²) in [5, 5.41) is 0. The minimum atomic E-state index is -0.740.